The first-order valence-corrected chi connectivity index (χ1v) is 5.57. The van der Waals surface area contributed by atoms with Crippen molar-refractivity contribution in [3.63, 3.8) is 0 Å². The molecule has 0 amide bonds. The summed E-state index contributed by atoms with van der Waals surface area (Å²) >= 11 is 0. The molecule has 0 heterocycles. The highest BCUT2D eigenvalue weighted by Gasteiger charge is 2.35. The largest absolute Gasteiger partial charge is 0.296 e. The molecule has 1 N–H and O–H groups in total. The van der Waals surface area contributed by atoms with Crippen LogP contribution in [-0.4, -0.2) is 6.54 Å². The van der Waals surface area contributed by atoms with Crippen LogP contribution in [0.25, 0.3) is 0 Å². The number of hydrogen-bond acceptors (Lipinski definition) is 2. The van der Waals surface area contributed by atoms with E-state index in [4.69, 9.17) is 0 Å². The molecule has 0 aliphatic heterocycles. The minimum absolute atomic E-state index is 0.441. The first-order valence-electron chi connectivity index (χ1n) is 5.57. The van der Waals surface area contributed by atoms with Gasteiger partial charge in [0, 0.05) is 0 Å². The second-order valence-corrected chi connectivity index (χ2v) is 4.06. The van der Waals surface area contributed by atoms with E-state index in [2.05, 4.69) is 36.5 Å². The molecule has 2 nitrogen and oxygen atoms in total. The number of nitrogens with one attached hydrogen (secondary N) is 1. The van der Waals surface area contributed by atoms with Crippen LogP contribution in [0.3, 0.4) is 0 Å². The Labute approximate surface area is 90.9 Å². The van der Waals surface area contributed by atoms with Crippen molar-refractivity contribution in [2.75, 3.05) is 6.54 Å². The molecule has 1 aromatic rings. The van der Waals surface area contributed by atoms with Crippen molar-refractivity contribution in [2.45, 2.75) is 31.7 Å². The predicted molar refractivity (Wildman–Crippen MR) is 60.3 cm³/mol. The molecule has 0 saturated heterocycles. The molecule has 0 saturated carbocycles. The highest BCUT2D eigenvalue weighted by molar-refractivity contribution is 5.40. The number of nitriles is 1. The lowest BCUT2D eigenvalue weighted by molar-refractivity contribution is 0.375. The molecule has 2 heteroatoms. The summed E-state index contributed by atoms with van der Waals surface area (Å²) in [6.07, 6.45) is 3.12. The summed E-state index contributed by atoms with van der Waals surface area (Å²) < 4.78 is 0. The maximum atomic E-state index is 9.41. The van der Waals surface area contributed by atoms with E-state index in [1.54, 1.807) is 0 Å². The molecule has 1 aliphatic carbocycles. The van der Waals surface area contributed by atoms with Crippen LogP contribution in [0.5, 0.6) is 0 Å². The van der Waals surface area contributed by atoms with E-state index in [1.807, 2.05) is 6.07 Å². The van der Waals surface area contributed by atoms with Crippen molar-refractivity contribution < 1.29 is 0 Å². The molecule has 1 atom stereocenters. The van der Waals surface area contributed by atoms with E-state index in [1.165, 1.54) is 11.1 Å². The van der Waals surface area contributed by atoms with E-state index in [0.29, 0.717) is 0 Å². The fourth-order valence-corrected chi connectivity index (χ4v) is 2.47. The van der Waals surface area contributed by atoms with Gasteiger partial charge in [0.15, 0.2) is 0 Å². The molecule has 1 aliphatic rings. The third-order valence-electron chi connectivity index (χ3n) is 3.14. The number of fused-ring (bicyclic) bond motifs is 1. The van der Waals surface area contributed by atoms with Crippen molar-refractivity contribution in [2.24, 2.45) is 0 Å². The van der Waals surface area contributed by atoms with E-state index in [9.17, 15) is 5.26 Å². The number of rotatable bonds is 2. The number of hydrogen-bond donors (Lipinski definition) is 1. The smallest absolute Gasteiger partial charge is 0.132 e. The Bertz CT molecular complexity index is 392. The highest BCUT2D eigenvalue weighted by Crippen LogP contribution is 2.34. The SMILES string of the molecule is CCNC1(C#N)CCCc2ccccc21. The maximum Gasteiger partial charge on any atom is 0.132 e. The Morgan fingerprint density at radius 2 is 2.27 bits per heavy atom. The van der Waals surface area contributed by atoms with Gasteiger partial charge in [0.25, 0.3) is 0 Å². The van der Waals surface area contributed by atoms with Crippen LogP contribution in [0.2, 0.25) is 0 Å². The number of nitrogens with zero attached hydrogens (tertiary/aromatic N) is 1. The molecule has 0 aromatic heterocycles. The summed E-state index contributed by atoms with van der Waals surface area (Å²) in [5, 5.41) is 12.7. The van der Waals surface area contributed by atoms with Crippen LogP contribution < -0.4 is 5.32 Å². The molecule has 0 radical (unpaired) electrons. The molecule has 0 spiro atoms. The monoisotopic (exact) mass is 200 g/mol. The Morgan fingerprint density at radius 3 is 3.00 bits per heavy atom. The van der Waals surface area contributed by atoms with Gasteiger partial charge in [-0.25, -0.2) is 0 Å². The fraction of sp³-hybridized carbons (Fsp3) is 0.462. The molecular weight excluding hydrogens is 184 g/mol. The molecule has 1 unspecified atom stereocenters. The van der Waals surface area contributed by atoms with Gasteiger partial charge in [-0.15, -0.1) is 0 Å². The Morgan fingerprint density at radius 1 is 1.47 bits per heavy atom. The van der Waals surface area contributed by atoms with Gasteiger partial charge in [0.05, 0.1) is 6.07 Å². The molecule has 78 valence electrons. The molecule has 0 bridgehead atoms. The number of aryl methyl sites for hydroxylation is 1. The topological polar surface area (TPSA) is 35.8 Å². The summed E-state index contributed by atoms with van der Waals surface area (Å²) in [4.78, 5) is 0. The van der Waals surface area contributed by atoms with Crippen LogP contribution in [-0.2, 0) is 12.0 Å². The summed E-state index contributed by atoms with van der Waals surface area (Å²) in [5.74, 6) is 0. The summed E-state index contributed by atoms with van der Waals surface area (Å²) in [6, 6.07) is 10.8. The van der Waals surface area contributed by atoms with Gasteiger partial charge in [0.2, 0.25) is 0 Å². The normalized spacial score (nSPS) is 24.3. The predicted octanol–water partition coefficient (Wildman–Crippen LogP) is 2.35. The van der Waals surface area contributed by atoms with Crippen molar-refractivity contribution >= 4 is 0 Å². The van der Waals surface area contributed by atoms with Gasteiger partial charge in [-0.1, -0.05) is 31.2 Å². The van der Waals surface area contributed by atoms with Crippen LogP contribution in [0, 0.1) is 11.3 Å². The molecule has 0 fully saturated rings. The van der Waals surface area contributed by atoms with Gasteiger partial charge in [-0.3, -0.25) is 5.32 Å². The Hall–Kier alpha value is -1.33. The van der Waals surface area contributed by atoms with Crippen molar-refractivity contribution in [1.82, 2.24) is 5.32 Å². The lowest BCUT2D eigenvalue weighted by atomic mass is 9.77. The maximum absolute atomic E-state index is 9.41. The second-order valence-electron chi connectivity index (χ2n) is 4.06. The summed E-state index contributed by atoms with van der Waals surface area (Å²) in [6.45, 7) is 2.89. The quantitative estimate of drug-likeness (QED) is 0.795. The van der Waals surface area contributed by atoms with E-state index in [-0.39, 0.29) is 0 Å². The van der Waals surface area contributed by atoms with Gasteiger partial charge >= 0.3 is 0 Å². The zero-order valence-electron chi connectivity index (χ0n) is 9.09. The third kappa shape index (κ3) is 1.64. The minimum atomic E-state index is -0.441. The zero-order valence-corrected chi connectivity index (χ0v) is 9.09. The van der Waals surface area contributed by atoms with Crippen molar-refractivity contribution in [3.05, 3.63) is 35.4 Å². The molecular formula is C13H16N2. The fourth-order valence-electron chi connectivity index (χ4n) is 2.47. The van der Waals surface area contributed by atoms with Gasteiger partial charge in [0.1, 0.15) is 5.54 Å². The van der Waals surface area contributed by atoms with Crippen molar-refractivity contribution in [1.29, 1.82) is 5.26 Å². The van der Waals surface area contributed by atoms with Crippen LogP contribution in [0.1, 0.15) is 30.9 Å². The Balaban J connectivity index is 2.48. The van der Waals surface area contributed by atoms with Gasteiger partial charge in [-0.2, -0.15) is 5.26 Å². The first kappa shape index (κ1) is 10.2. The molecule has 1 aromatic carbocycles. The van der Waals surface area contributed by atoms with Gasteiger partial charge < -0.3 is 0 Å². The lowest BCUT2D eigenvalue weighted by Gasteiger charge is -2.33. The van der Waals surface area contributed by atoms with Crippen LogP contribution in [0.15, 0.2) is 24.3 Å². The zero-order chi connectivity index (χ0) is 10.7. The molecule has 15 heavy (non-hydrogen) atoms. The highest BCUT2D eigenvalue weighted by atomic mass is 15.0. The van der Waals surface area contributed by atoms with Crippen LogP contribution in [0.4, 0.5) is 0 Å². The molecule has 2 rings (SSSR count). The van der Waals surface area contributed by atoms with E-state index < -0.39 is 5.54 Å². The van der Waals surface area contributed by atoms with Crippen molar-refractivity contribution in [3.8, 4) is 6.07 Å². The van der Waals surface area contributed by atoms with Crippen LogP contribution >= 0.6 is 0 Å². The first-order chi connectivity index (χ1) is 7.32. The minimum Gasteiger partial charge on any atom is -0.296 e. The summed E-state index contributed by atoms with van der Waals surface area (Å²) in [5.41, 5.74) is 2.07. The van der Waals surface area contributed by atoms with Gasteiger partial charge in [-0.05, 0) is 36.9 Å². The van der Waals surface area contributed by atoms with E-state index >= 15 is 0 Å². The summed E-state index contributed by atoms with van der Waals surface area (Å²) in [7, 11) is 0. The standard InChI is InChI=1S/C13H16N2/c1-2-15-13(10-14)9-5-7-11-6-3-4-8-12(11)13/h3-4,6,8,15H,2,5,7,9H2,1H3. The second kappa shape index (κ2) is 4.04. The number of benzene rings is 1. The Kier molecular flexibility index (Phi) is 2.75. The lowest BCUT2D eigenvalue weighted by Crippen LogP contribution is -2.43. The average molecular weight is 200 g/mol. The average Bonchev–Trinajstić information content (AvgIpc) is 2.30. The van der Waals surface area contributed by atoms with E-state index in [0.717, 1.165) is 25.8 Å². The third-order valence-corrected chi connectivity index (χ3v) is 3.14.